The number of nitrogens with zero attached hydrogens (tertiary/aromatic N) is 1. The van der Waals surface area contributed by atoms with Gasteiger partial charge in [0, 0.05) is 30.8 Å². The third-order valence-electron chi connectivity index (χ3n) is 7.13. The second-order valence-electron chi connectivity index (χ2n) is 8.52. The molecule has 0 aromatic heterocycles. The van der Waals surface area contributed by atoms with Crippen LogP contribution in [-0.4, -0.2) is 41.2 Å². The van der Waals surface area contributed by atoms with Crippen LogP contribution in [-0.2, 0) is 9.59 Å². The number of para-hydroxylation sites is 1. The Hall–Kier alpha value is -2.37. The van der Waals surface area contributed by atoms with Crippen molar-refractivity contribution in [2.24, 2.45) is 29.4 Å². The molecule has 3 fully saturated rings. The van der Waals surface area contributed by atoms with E-state index in [-0.39, 0.29) is 35.4 Å². The summed E-state index contributed by atoms with van der Waals surface area (Å²) in [4.78, 5) is 39.0. The number of hydrogen-bond donors (Lipinski definition) is 1. The first kappa shape index (κ1) is 16.8. The van der Waals surface area contributed by atoms with E-state index >= 15 is 0 Å². The second-order valence-corrected chi connectivity index (χ2v) is 8.52. The highest BCUT2D eigenvalue weighted by Crippen LogP contribution is 2.66. The molecule has 1 aromatic rings. The number of hydrogen-bond acceptors (Lipinski definition) is 4. The summed E-state index contributed by atoms with van der Waals surface area (Å²) >= 11 is 0. The largest absolute Gasteiger partial charge is 0.486 e. The quantitative estimate of drug-likeness (QED) is 0.861. The zero-order chi connectivity index (χ0) is 18.8. The minimum atomic E-state index is -0.512. The summed E-state index contributed by atoms with van der Waals surface area (Å²) < 4.78 is 6.37. The van der Waals surface area contributed by atoms with E-state index in [9.17, 15) is 14.4 Å². The first-order valence-electron chi connectivity index (χ1n) is 9.89. The predicted octanol–water partition coefficient (Wildman–Crippen LogP) is 1.77. The number of fused-ring (bicyclic) bond motifs is 3. The molecule has 4 atom stereocenters. The Kier molecular flexibility index (Phi) is 3.61. The van der Waals surface area contributed by atoms with Crippen molar-refractivity contribution in [1.82, 2.24) is 4.90 Å². The number of primary amides is 1. The van der Waals surface area contributed by atoms with Gasteiger partial charge in [0.1, 0.15) is 11.4 Å². The summed E-state index contributed by atoms with van der Waals surface area (Å²) in [7, 11) is 0. The number of amides is 2. The van der Waals surface area contributed by atoms with Crippen LogP contribution in [0.25, 0.3) is 0 Å². The first-order chi connectivity index (χ1) is 13.0. The summed E-state index contributed by atoms with van der Waals surface area (Å²) in [6, 6.07) is 7.41. The van der Waals surface area contributed by atoms with Crippen molar-refractivity contribution in [3.05, 3.63) is 29.8 Å². The van der Waals surface area contributed by atoms with Crippen LogP contribution in [0.15, 0.2) is 24.3 Å². The van der Waals surface area contributed by atoms with Gasteiger partial charge in [0.2, 0.25) is 11.8 Å². The molecule has 4 unspecified atom stereocenters. The van der Waals surface area contributed by atoms with E-state index in [1.165, 1.54) is 0 Å². The number of likely N-dealkylation sites (tertiary alicyclic amines) is 1. The van der Waals surface area contributed by atoms with Crippen LogP contribution in [0.3, 0.4) is 0 Å². The average Bonchev–Trinajstić information content (AvgIpc) is 3.32. The molecule has 1 spiro atoms. The first-order valence-corrected chi connectivity index (χ1v) is 9.89. The van der Waals surface area contributed by atoms with E-state index in [2.05, 4.69) is 0 Å². The van der Waals surface area contributed by atoms with Gasteiger partial charge in [0.25, 0.3) is 0 Å². The van der Waals surface area contributed by atoms with Gasteiger partial charge in [-0.2, -0.15) is 0 Å². The fourth-order valence-electron chi connectivity index (χ4n) is 5.69. The Morgan fingerprint density at radius 3 is 2.63 bits per heavy atom. The van der Waals surface area contributed by atoms with Crippen LogP contribution in [0.5, 0.6) is 5.75 Å². The molecular weight excluding hydrogens is 344 g/mol. The zero-order valence-corrected chi connectivity index (χ0v) is 15.2. The lowest BCUT2D eigenvalue weighted by Gasteiger charge is -2.38. The molecular formula is C21H24N2O4. The Balaban J connectivity index is 1.31. The predicted molar refractivity (Wildman–Crippen MR) is 97.0 cm³/mol. The number of rotatable bonds is 2. The van der Waals surface area contributed by atoms with E-state index in [4.69, 9.17) is 10.5 Å². The molecule has 4 aliphatic rings. The van der Waals surface area contributed by atoms with Crippen molar-refractivity contribution >= 4 is 17.6 Å². The molecule has 2 saturated carbocycles. The smallest absolute Gasteiger partial charge is 0.226 e. The second kappa shape index (κ2) is 5.81. The van der Waals surface area contributed by atoms with E-state index in [1.807, 2.05) is 29.2 Å². The van der Waals surface area contributed by atoms with Crippen molar-refractivity contribution in [2.45, 2.75) is 37.7 Å². The summed E-state index contributed by atoms with van der Waals surface area (Å²) in [6.45, 7) is 1.19. The molecule has 2 amide bonds. The molecule has 142 valence electrons. The van der Waals surface area contributed by atoms with Gasteiger partial charge in [-0.25, -0.2) is 0 Å². The number of Topliss-reactive ketones (excluding diaryl/α,β-unsaturated/α-hetero) is 1. The molecule has 6 nitrogen and oxygen atoms in total. The molecule has 2 N–H and O–H groups in total. The summed E-state index contributed by atoms with van der Waals surface area (Å²) in [5, 5.41) is 0. The molecule has 2 aliphatic heterocycles. The number of nitrogens with two attached hydrogens (primary N) is 1. The molecule has 0 bridgehead atoms. The van der Waals surface area contributed by atoms with Gasteiger partial charge in [-0.05, 0) is 43.7 Å². The van der Waals surface area contributed by atoms with Gasteiger partial charge in [0.05, 0.1) is 12.0 Å². The third kappa shape index (κ3) is 2.49. The average molecular weight is 368 g/mol. The van der Waals surface area contributed by atoms with E-state index in [1.54, 1.807) is 0 Å². The highest BCUT2D eigenvalue weighted by atomic mass is 16.5. The van der Waals surface area contributed by atoms with Gasteiger partial charge in [0.15, 0.2) is 5.78 Å². The van der Waals surface area contributed by atoms with Crippen LogP contribution in [0.4, 0.5) is 0 Å². The highest BCUT2D eigenvalue weighted by Gasteiger charge is 2.71. The standard InChI is InChI=1S/C21H24N2O4/c22-19(25)12-6-9-23(10-7-12)20(26)17-14-5-8-21(18(14)17)11-15(24)13-3-1-2-4-16(13)27-21/h1-4,12,14,17-18H,5-11H2,(H2,22,25). The van der Waals surface area contributed by atoms with Crippen LogP contribution in [0.1, 0.15) is 42.5 Å². The third-order valence-corrected chi connectivity index (χ3v) is 7.13. The Bertz CT molecular complexity index is 829. The maximum Gasteiger partial charge on any atom is 0.226 e. The highest BCUT2D eigenvalue weighted by molar-refractivity contribution is 6.00. The van der Waals surface area contributed by atoms with Gasteiger partial charge in [-0.1, -0.05) is 12.1 Å². The molecule has 5 rings (SSSR count). The van der Waals surface area contributed by atoms with Gasteiger partial charge in [-0.15, -0.1) is 0 Å². The lowest BCUT2D eigenvalue weighted by Crippen LogP contribution is -2.46. The summed E-state index contributed by atoms with van der Waals surface area (Å²) in [6.07, 6.45) is 3.45. The Labute approximate surface area is 158 Å². The number of carbonyl (C=O) groups excluding carboxylic acids is 3. The Morgan fingerprint density at radius 1 is 1.15 bits per heavy atom. The number of ether oxygens (including phenoxy) is 1. The van der Waals surface area contributed by atoms with Gasteiger partial charge < -0.3 is 15.4 Å². The van der Waals surface area contributed by atoms with E-state index in [0.29, 0.717) is 49.6 Å². The normalized spacial score (nSPS) is 34.7. The SMILES string of the molecule is NC(=O)C1CCN(C(=O)C2C3CCC4(CC(=O)c5ccccc5O4)C32)CC1. The van der Waals surface area contributed by atoms with Gasteiger partial charge >= 0.3 is 0 Å². The van der Waals surface area contributed by atoms with Crippen LogP contribution in [0, 0.1) is 23.7 Å². The van der Waals surface area contributed by atoms with Crippen molar-refractivity contribution in [3.63, 3.8) is 0 Å². The lowest BCUT2D eigenvalue weighted by molar-refractivity contribution is -0.137. The van der Waals surface area contributed by atoms with Crippen molar-refractivity contribution in [2.75, 3.05) is 13.1 Å². The van der Waals surface area contributed by atoms with Crippen LogP contribution in [0.2, 0.25) is 0 Å². The number of benzene rings is 1. The number of piperidine rings is 1. The molecule has 27 heavy (non-hydrogen) atoms. The van der Waals surface area contributed by atoms with Crippen LogP contribution >= 0.6 is 0 Å². The molecule has 6 heteroatoms. The molecule has 0 radical (unpaired) electrons. The summed E-state index contributed by atoms with van der Waals surface area (Å²) in [5.74, 6) is 0.990. The maximum atomic E-state index is 13.1. The molecule has 2 heterocycles. The van der Waals surface area contributed by atoms with E-state index in [0.717, 1.165) is 12.8 Å². The summed E-state index contributed by atoms with van der Waals surface area (Å²) in [5.41, 5.74) is 5.53. The van der Waals surface area contributed by atoms with Crippen molar-refractivity contribution in [3.8, 4) is 5.75 Å². The Morgan fingerprint density at radius 2 is 1.89 bits per heavy atom. The van der Waals surface area contributed by atoms with Crippen LogP contribution < -0.4 is 10.5 Å². The maximum absolute atomic E-state index is 13.1. The minimum Gasteiger partial charge on any atom is -0.486 e. The monoisotopic (exact) mass is 368 g/mol. The van der Waals surface area contributed by atoms with Crippen molar-refractivity contribution in [1.29, 1.82) is 0 Å². The fraction of sp³-hybridized carbons (Fsp3) is 0.571. The molecule has 1 saturated heterocycles. The fourth-order valence-corrected chi connectivity index (χ4v) is 5.69. The van der Waals surface area contributed by atoms with Crippen molar-refractivity contribution < 1.29 is 19.1 Å². The molecule has 1 aromatic carbocycles. The minimum absolute atomic E-state index is 0.0399. The van der Waals surface area contributed by atoms with E-state index < -0.39 is 5.60 Å². The number of ketones is 1. The molecule has 2 aliphatic carbocycles. The topological polar surface area (TPSA) is 89.7 Å². The number of carbonyl (C=O) groups is 3. The van der Waals surface area contributed by atoms with Gasteiger partial charge in [-0.3, -0.25) is 14.4 Å². The zero-order valence-electron chi connectivity index (χ0n) is 15.2. The lowest BCUT2D eigenvalue weighted by atomic mass is 9.84.